The minimum absolute atomic E-state index is 0.128. The third-order valence-electron chi connectivity index (χ3n) is 4.20. The third-order valence-corrected chi connectivity index (χ3v) is 5.11. The highest BCUT2D eigenvalue weighted by Crippen LogP contribution is 2.21. The minimum atomic E-state index is -3.65. The van der Waals surface area contributed by atoms with Gasteiger partial charge in [-0.3, -0.25) is 9.80 Å². The molecule has 2 N–H and O–H groups in total. The predicted octanol–water partition coefficient (Wildman–Crippen LogP) is 0.659. The molecule has 0 radical (unpaired) electrons. The van der Waals surface area contributed by atoms with Crippen LogP contribution in [0.1, 0.15) is 18.5 Å². The number of hydrogen-bond donors (Lipinski definition) is 1. The monoisotopic (exact) mass is 327 g/mol. The number of benzene rings is 1. The average Bonchev–Trinajstić information content (AvgIpc) is 2.52. The van der Waals surface area contributed by atoms with Crippen molar-refractivity contribution in [1.29, 1.82) is 0 Å². The highest BCUT2D eigenvalue weighted by molar-refractivity contribution is 7.89. The molecule has 0 amide bonds. The molecule has 1 heterocycles. The summed E-state index contributed by atoms with van der Waals surface area (Å²) in [6.45, 7) is 7.53. The summed E-state index contributed by atoms with van der Waals surface area (Å²) in [4.78, 5) is 4.77. The number of nitrogens with zero attached hydrogens (tertiary/aromatic N) is 2. The van der Waals surface area contributed by atoms with Gasteiger partial charge in [0.25, 0.3) is 0 Å². The lowest BCUT2D eigenvalue weighted by atomic mass is 10.1. The smallest absolute Gasteiger partial charge is 0.238 e. The Labute approximate surface area is 132 Å². The van der Waals surface area contributed by atoms with Crippen LogP contribution in [0.5, 0.6) is 0 Å². The Morgan fingerprint density at radius 1 is 1.36 bits per heavy atom. The van der Waals surface area contributed by atoms with Crippen molar-refractivity contribution < 1.29 is 13.2 Å². The van der Waals surface area contributed by atoms with E-state index in [1.165, 1.54) is 6.07 Å². The van der Waals surface area contributed by atoms with Gasteiger partial charge in [-0.2, -0.15) is 0 Å². The molecule has 1 atom stereocenters. The van der Waals surface area contributed by atoms with E-state index in [-0.39, 0.29) is 10.9 Å². The van der Waals surface area contributed by atoms with E-state index in [0.29, 0.717) is 0 Å². The second-order valence-electron chi connectivity index (χ2n) is 5.73. The van der Waals surface area contributed by atoms with Crippen LogP contribution in [0.15, 0.2) is 29.2 Å². The van der Waals surface area contributed by atoms with Crippen LogP contribution in [-0.2, 0) is 14.8 Å². The van der Waals surface area contributed by atoms with Crippen LogP contribution in [0.3, 0.4) is 0 Å². The van der Waals surface area contributed by atoms with Gasteiger partial charge in [-0.1, -0.05) is 12.1 Å². The average molecular weight is 327 g/mol. The second kappa shape index (κ2) is 7.52. The molecule has 1 aliphatic rings. The Kier molecular flexibility index (Phi) is 5.94. The van der Waals surface area contributed by atoms with Crippen LogP contribution in [-0.4, -0.2) is 64.7 Å². The molecule has 7 heteroatoms. The van der Waals surface area contributed by atoms with E-state index in [2.05, 4.69) is 23.8 Å². The quantitative estimate of drug-likeness (QED) is 0.831. The molecule has 1 aromatic carbocycles. The molecule has 22 heavy (non-hydrogen) atoms. The maximum absolute atomic E-state index is 11.5. The number of nitrogens with two attached hydrogens (primary N) is 1. The van der Waals surface area contributed by atoms with Crippen LogP contribution in [0, 0.1) is 0 Å². The molecule has 0 saturated carbocycles. The van der Waals surface area contributed by atoms with Gasteiger partial charge in [0.15, 0.2) is 0 Å². The highest BCUT2D eigenvalue weighted by atomic mass is 32.2. The molecule has 1 saturated heterocycles. The molecule has 124 valence electrons. The van der Waals surface area contributed by atoms with Gasteiger partial charge in [-0.05, 0) is 31.7 Å². The maximum Gasteiger partial charge on any atom is 0.238 e. The Bertz CT molecular complexity index is 585. The SMILES string of the molecule is CC(c1cccc(S(N)(=O)=O)c1)N(C)CCN1CCOCC1. The first-order chi connectivity index (χ1) is 10.4. The number of morpholine rings is 1. The van der Waals surface area contributed by atoms with Crippen molar-refractivity contribution in [3.63, 3.8) is 0 Å². The summed E-state index contributed by atoms with van der Waals surface area (Å²) in [6.07, 6.45) is 0. The van der Waals surface area contributed by atoms with Crippen molar-refractivity contribution in [1.82, 2.24) is 9.80 Å². The number of sulfonamides is 1. The van der Waals surface area contributed by atoms with Crippen LogP contribution < -0.4 is 5.14 Å². The summed E-state index contributed by atoms with van der Waals surface area (Å²) in [5.74, 6) is 0. The lowest BCUT2D eigenvalue weighted by molar-refractivity contribution is 0.0329. The van der Waals surface area contributed by atoms with E-state index in [0.717, 1.165) is 45.0 Å². The minimum Gasteiger partial charge on any atom is -0.379 e. The summed E-state index contributed by atoms with van der Waals surface area (Å²) in [7, 11) is -1.60. The van der Waals surface area contributed by atoms with Crippen molar-refractivity contribution in [3.05, 3.63) is 29.8 Å². The Morgan fingerprint density at radius 2 is 2.05 bits per heavy atom. The fourth-order valence-corrected chi connectivity index (χ4v) is 3.09. The summed E-state index contributed by atoms with van der Waals surface area (Å²) in [6, 6.07) is 6.99. The first-order valence-corrected chi connectivity index (χ1v) is 9.05. The number of rotatable bonds is 6. The second-order valence-corrected chi connectivity index (χ2v) is 7.29. The van der Waals surface area contributed by atoms with E-state index in [1.807, 2.05) is 6.07 Å². The third kappa shape index (κ3) is 4.76. The zero-order valence-electron chi connectivity index (χ0n) is 13.2. The summed E-state index contributed by atoms with van der Waals surface area (Å²) in [5.41, 5.74) is 0.955. The Hall–Kier alpha value is -0.990. The lowest BCUT2D eigenvalue weighted by Crippen LogP contribution is -2.41. The zero-order chi connectivity index (χ0) is 16.2. The summed E-state index contributed by atoms with van der Waals surface area (Å²) in [5, 5.41) is 5.20. The number of hydrogen-bond acceptors (Lipinski definition) is 5. The topological polar surface area (TPSA) is 75.9 Å². The van der Waals surface area contributed by atoms with E-state index >= 15 is 0 Å². The first-order valence-electron chi connectivity index (χ1n) is 7.51. The lowest BCUT2D eigenvalue weighted by Gasteiger charge is -2.31. The largest absolute Gasteiger partial charge is 0.379 e. The van der Waals surface area contributed by atoms with Crippen LogP contribution >= 0.6 is 0 Å². The fourth-order valence-electron chi connectivity index (χ4n) is 2.52. The number of likely N-dealkylation sites (N-methyl/N-ethyl adjacent to an activating group) is 1. The number of primary sulfonamides is 1. The molecule has 2 rings (SSSR count). The normalized spacial score (nSPS) is 18.5. The van der Waals surface area contributed by atoms with Crippen LogP contribution in [0.2, 0.25) is 0 Å². The van der Waals surface area contributed by atoms with Gasteiger partial charge in [0.2, 0.25) is 10.0 Å². The Morgan fingerprint density at radius 3 is 2.68 bits per heavy atom. The molecule has 1 unspecified atom stereocenters. The molecule has 0 aliphatic carbocycles. The van der Waals surface area contributed by atoms with Gasteiger partial charge >= 0.3 is 0 Å². The van der Waals surface area contributed by atoms with Gasteiger partial charge < -0.3 is 4.74 Å². The summed E-state index contributed by atoms with van der Waals surface area (Å²) < 4.78 is 28.3. The van der Waals surface area contributed by atoms with Crippen LogP contribution in [0.25, 0.3) is 0 Å². The van der Waals surface area contributed by atoms with E-state index in [9.17, 15) is 8.42 Å². The molecular formula is C15H25N3O3S. The fraction of sp³-hybridized carbons (Fsp3) is 0.600. The highest BCUT2D eigenvalue weighted by Gasteiger charge is 2.16. The van der Waals surface area contributed by atoms with Gasteiger partial charge in [-0.25, -0.2) is 13.6 Å². The predicted molar refractivity (Wildman–Crippen MR) is 86.1 cm³/mol. The molecule has 6 nitrogen and oxygen atoms in total. The Balaban J connectivity index is 1.96. The van der Waals surface area contributed by atoms with Crippen molar-refractivity contribution in [3.8, 4) is 0 Å². The van der Waals surface area contributed by atoms with Gasteiger partial charge in [0.1, 0.15) is 0 Å². The van der Waals surface area contributed by atoms with Gasteiger partial charge in [0, 0.05) is 32.2 Å². The molecule has 0 spiro atoms. The van der Waals surface area contributed by atoms with Gasteiger partial charge in [0.05, 0.1) is 18.1 Å². The van der Waals surface area contributed by atoms with E-state index in [4.69, 9.17) is 9.88 Å². The van der Waals surface area contributed by atoms with E-state index in [1.54, 1.807) is 12.1 Å². The molecule has 0 bridgehead atoms. The maximum atomic E-state index is 11.5. The number of ether oxygens (including phenoxy) is 1. The first kappa shape index (κ1) is 17.4. The van der Waals surface area contributed by atoms with Crippen LogP contribution in [0.4, 0.5) is 0 Å². The van der Waals surface area contributed by atoms with Crippen molar-refractivity contribution in [2.45, 2.75) is 17.9 Å². The molecule has 0 aromatic heterocycles. The molecular weight excluding hydrogens is 302 g/mol. The van der Waals surface area contributed by atoms with Crippen molar-refractivity contribution >= 4 is 10.0 Å². The molecule has 1 fully saturated rings. The van der Waals surface area contributed by atoms with Crippen molar-refractivity contribution in [2.75, 3.05) is 46.4 Å². The van der Waals surface area contributed by atoms with Crippen molar-refractivity contribution in [2.24, 2.45) is 5.14 Å². The molecule has 1 aromatic rings. The standard InChI is InChI=1S/C15H25N3O3S/c1-13(14-4-3-5-15(12-14)22(16,19)20)17(2)6-7-18-8-10-21-11-9-18/h3-5,12-13H,6-11H2,1-2H3,(H2,16,19,20). The van der Waals surface area contributed by atoms with Gasteiger partial charge in [-0.15, -0.1) is 0 Å². The van der Waals surface area contributed by atoms with E-state index < -0.39 is 10.0 Å². The summed E-state index contributed by atoms with van der Waals surface area (Å²) >= 11 is 0. The molecule has 1 aliphatic heterocycles. The zero-order valence-corrected chi connectivity index (χ0v) is 14.1.